The lowest BCUT2D eigenvalue weighted by atomic mass is 10.0. The summed E-state index contributed by atoms with van der Waals surface area (Å²) < 4.78 is 18.5. The van der Waals surface area contributed by atoms with Gasteiger partial charge in [-0.1, -0.05) is 60.7 Å². The summed E-state index contributed by atoms with van der Waals surface area (Å²) in [6.07, 6.45) is 1.32. The highest BCUT2D eigenvalue weighted by Gasteiger charge is 2.09. The second-order valence-corrected chi connectivity index (χ2v) is 6.78. The fourth-order valence-electron chi connectivity index (χ4n) is 2.90. The van der Waals surface area contributed by atoms with E-state index in [-0.39, 0.29) is 24.8 Å². The lowest BCUT2D eigenvalue weighted by Crippen LogP contribution is -2.43. The van der Waals surface area contributed by atoms with Crippen LogP contribution < -0.4 is 15.6 Å². The molecule has 0 bridgehead atoms. The van der Waals surface area contributed by atoms with Crippen LogP contribution in [0.25, 0.3) is 0 Å². The second-order valence-electron chi connectivity index (χ2n) is 6.78. The van der Waals surface area contributed by atoms with Gasteiger partial charge in [-0.2, -0.15) is 0 Å². The Kier molecular flexibility index (Phi) is 7.55. The van der Waals surface area contributed by atoms with Crippen molar-refractivity contribution in [2.75, 3.05) is 6.61 Å². The molecule has 0 unspecified atom stereocenters. The standard InChI is InChI=1S/C24H23FN2O3/c25-21-13-10-18(11-14-21)12-15-23(28)26-27-24(29)17-30-22-9-5-4-8-20(22)16-19-6-2-1-3-7-19/h1-11,13-14H,12,15-17H2,(H,26,28)(H,27,29). The molecule has 0 heterocycles. The van der Waals surface area contributed by atoms with Gasteiger partial charge >= 0.3 is 0 Å². The first-order chi connectivity index (χ1) is 14.6. The van der Waals surface area contributed by atoms with Crippen molar-refractivity contribution in [3.63, 3.8) is 0 Å². The zero-order valence-electron chi connectivity index (χ0n) is 16.4. The minimum absolute atomic E-state index is 0.173. The molecule has 0 saturated heterocycles. The van der Waals surface area contributed by atoms with E-state index in [0.29, 0.717) is 18.6 Å². The van der Waals surface area contributed by atoms with E-state index < -0.39 is 5.91 Å². The molecule has 2 amide bonds. The molecular formula is C24H23FN2O3. The number of carbonyl (C=O) groups excluding carboxylic acids is 2. The van der Waals surface area contributed by atoms with Gasteiger partial charge in [0.1, 0.15) is 11.6 Å². The average molecular weight is 406 g/mol. The third kappa shape index (κ3) is 6.74. The minimum atomic E-state index is -0.459. The van der Waals surface area contributed by atoms with Crippen molar-refractivity contribution in [2.45, 2.75) is 19.3 Å². The Morgan fingerprint density at radius 3 is 2.20 bits per heavy atom. The zero-order valence-corrected chi connectivity index (χ0v) is 16.4. The van der Waals surface area contributed by atoms with Crippen LogP contribution in [0.3, 0.4) is 0 Å². The number of benzene rings is 3. The highest BCUT2D eigenvalue weighted by atomic mass is 19.1. The normalized spacial score (nSPS) is 10.3. The molecule has 6 heteroatoms. The van der Waals surface area contributed by atoms with Gasteiger partial charge in [-0.05, 0) is 41.3 Å². The van der Waals surface area contributed by atoms with E-state index in [2.05, 4.69) is 10.9 Å². The van der Waals surface area contributed by atoms with E-state index in [4.69, 9.17) is 4.74 Å². The van der Waals surface area contributed by atoms with Gasteiger partial charge in [-0.3, -0.25) is 20.4 Å². The summed E-state index contributed by atoms with van der Waals surface area (Å²) in [5, 5.41) is 0. The Balaban J connectivity index is 1.42. The van der Waals surface area contributed by atoms with Gasteiger partial charge in [0.25, 0.3) is 5.91 Å². The number of hydrazine groups is 1. The van der Waals surface area contributed by atoms with Crippen LogP contribution in [0.2, 0.25) is 0 Å². The number of nitrogens with one attached hydrogen (secondary N) is 2. The molecule has 30 heavy (non-hydrogen) atoms. The van der Waals surface area contributed by atoms with Crippen LogP contribution in [0.4, 0.5) is 4.39 Å². The van der Waals surface area contributed by atoms with Crippen LogP contribution in [0.15, 0.2) is 78.9 Å². The molecule has 2 N–H and O–H groups in total. The maximum absolute atomic E-state index is 12.9. The number of aryl methyl sites for hydroxylation is 1. The van der Waals surface area contributed by atoms with Gasteiger partial charge in [0.2, 0.25) is 5.91 Å². The van der Waals surface area contributed by atoms with Crippen molar-refractivity contribution in [3.05, 3.63) is 101 Å². The minimum Gasteiger partial charge on any atom is -0.483 e. The number of amides is 2. The number of para-hydroxylation sites is 1. The molecule has 154 valence electrons. The average Bonchev–Trinajstić information content (AvgIpc) is 2.77. The molecular weight excluding hydrogens is 383 g/mol. The molecule has 0 saturated carbocycles. The Hall–Kier alpha value is -3.67. The molecule has 3 aromatic rings. The molecule has 3 rings (SSSR count). The van der Waals surface area contributed by atoms with Gasteiger partial charge in [0.15, 0.2) is 6.61 Å². The Morgan fingerprint density at radius 1 is 0.767 bits per heavy atom. The number of halogens is 1. The third-order valence-corrected chi connectivity index (χ3v) is 4.46. The van der Waals surface area contributed by atoms with Crippen molar-refractivity contribution in [2.24, 2.45) is 0 Å². The van der Waals surface area contributed by atoms with E-state index in [9.17, 15) is 14.0 Å². The maximum atomic E-state index is 12.9. The summed E-state index contributed by atoms with van der Waals surface area (Å²) in [6, 6.07) is 23.5. The Bertz CT molecular complexity index is 975. The smallest absolute Gasteiger partial charge is 0.276 e. The summed E-state index contributed by atoms with van der Waals surface area (Å²) in [6.45, 7) is -0.218. The topological polar surface area (TPSA) is 67.4 Å². The van der Waals surface area contributed by atoms with Gasteiger partial charge in [-0.25, -0.2) is 4.39 Å². The lowest BCUT2D eigenvalue weighted by Gasteiger charge is -2.12. The van der Waals surface area contributed by atoms with E-state index >= 15 is 0 Å². The largest absolute Gasteiger partial charge is 0.483 e. The summed E-state index contributed by atoms with van der Waals surface area (Å²) >= 11 is 0. The number of ether oxygens (including phenoxy) is 1. The van der Waals surface area contributed by atoms with Gasteiger partial charge < -0.3 is 4.74 Å². The van der Waals surface area contributed by atoms with Crippen LogP contribution >= 0.6 is 0 Å². The molecule has 0 atom stereocenters. The van der Waals surface area contributed by atoms with Gasteiger partial charge in [0, 0.05) is 12.8 Å². The van der Waals surface area contributed by atoms with E-state index in [1.807, 2.05) is 54.6 Å². The molecule has 3 aromatic carbocycles. The summed E-state index contributed by atoms with van der Waals surface area (Å²) in [5.74, 6) is -0.489. The van der Waals surface area contributed by atoms with Crippen LogP contribution in [-0.2, 0) is 22.4 Å². The fourth-order valence-corrected chi connectivity index (χ4v) is 2.90. The van der Waals surface area contributed by atoms with E-state index in [1.54, 1.807) is 12.1 Å². The predicted octanol–water partition coefficient (Wildman–Crippen LogP) is 3.58. The van der Waals surface area contributed by atoms with Crippen molar-refractivity contribution in [1.82, 2.24) is 10.9 Å². The molecule has 0 radical (unpaired) electrons. The summed E-state index contributed by atoms with van der Waals surface area (Å²) in [5.41, 5.74) is 7.67. The Morgan fingerprint density at radius 2 is 1.43 bits per heavy atom. The highest BCUT2D eigenvalue weighted by molar-refractivity contribution is 5.82. The number of carbonyl (C=O) groups is 2. The van der Waals surface area contributed by atoms with Gasteiger partial charge in [-0.15, -0.1) is 0 Å². The van der Waals surface area contributed by atoms with E-state index in [0.717, 1.165) is 16.7 Å². The van der Waals surface area contributed by atoms with Crippen molar-refractivity contribution in [3.8, 4) is 5.75 Å². The van der Waals surface area contributed by atoms with Gasteiger partial charge in [0.05, 0.1) is 0 Å². The first-order valence-corrected chi connectivity index (χ1v) is 9.67. The zero-order chi connectivity index (χ0) is 21.2. The van der Waals surface area contributed by atoms with Crippen LogP contribution in [0, 0.1) is 5.82 Å². The highest BCUT2D eigenvalue weighted by Crippen LogP contribution is 2.21. The molecule has 0 aliphatic rings. The van der Waals surface area contributed by atoms with Crippen molar-refractivity contribution >= 4 is 11.8 Å². The monoisotopic (exact) mass is 406 g/mol. The van der Waals surface area contributed by atoms with Crippen molar-refractivity contribution in [1.29, 1.82) is 0 Å². The molecule has 0 aromatic heterocycles. The van der Waals surface area contributed by atoms with Crippen LogP contribution in [0.5, 0.6) is 5.75 Å². The number of rotatable bonds is 8. The summed E-state index contributed by atoms with van der Waals surface area (Å²) in [7, 11) is 0. The number of hydrogen-bond donors (Lipinski definition) is 2. The second kappa shape index (κ2) is 10.8. The molecule has 5 nitrogen and oxygen atoms in total. The quantitative estimate of drug-likeness (QED) is 0.562. The first-order valence-electron chi connectivity index (χ1n) is 9.67. The molecule has 0 aliphatic carbocycles. The molecule has 0 fully saturated rings. The third-order valence-electron chi connectivity index (χ3n) is 4.46. The fraction of sp³-hybridized carbons (Fsp3) is 0.167. The Labute approximate surface area is 174 Å². The van der Waals surface area contributed by atoms with Crippen LogP contribution in [0.1, 0.15) is 23.1 Å². The predicted molar refractivity (Wildman–Crippen MR) is 112 cm³/mol. The van der Waals surface area contributed by atoms with Crippen LogP contribution in [-0.4, -0.2) is 18.4 Å². The molecule has 0 spiro atoms. The number of hydrogen-bond acceptors (Lipinski definition) is 3. The van der Waals surface area contributed by atoms with Crippen molar-refractivity contribution < 1.29 is 18.7 Å². The SMILES string of the molecule is O=C(CCc1ccc(F)cc1)NNC(=O)COc1ccccc1Cc1ccccc1. The first kappa shape index (κ1) is 21.0. The lowest BCUT2D eigenvalue weighted by molar-refractivity contribution is -0.130. The maximum Gasteiger partial charge on any atom is 0.276 e. The van der Waals surface area contributed by atoms with E-state index in [1.165, 1.54) is 12.1 Å². The summed E-state index contributed by atoms with van der Waals surface area (Å²) in [4.78, 5) is 23.9. The molecule has 0 aliphatic heterocycles.